The van der Waals surface area contributed by atoms with E-state index in [1.54, 1.807) is 19.2 Å². The molecule has 0 bridgehead atoms. The van der Waals surface area contributed by atoms with E-state index in [0.717, 1.165) is 16.7 Å². The van der Waals surface area contributed by atoms with E-state index in [-0.39, 0.29) is 12.3 Å². The Hall–Kier alpha value is -2.24. The summed E-state index contributed by atoms with van der Waals surface area (Å²) in [6.07, 6.45) is 0.234. The molecule has 0 saturated carbocycles. The molecule has 2 aromatic carbocycles. The first kappa shape index (κ1) is 17.6. The summed E-state index contributed by atoms with van der Waals surface area (Å²) in [4.78, 5) is 12.2. The van der Waals surface area contributed by atoms with E-state index in [9.17, 15) is 4.79 Å². The molecule has 132 valence electrons. The van der Waals surface area contributed by atoms with Gasteiger partial charge in [-0.1, -0.05) is 35.9 Å². The summed E-state index contributed by atoms with van der Waals surface area (Å²) < 4.78 is 16.1. The number of amides is 1. The topological polar surface area (TPSA) is 56.8 Å². The second-order valence-corrected chi connectivity index (χ2v) is 6.21. The standard InChI is InChI=1S/C19H20ClNO4/c1-23-12-14-4-2-13(3-5-14)11-21-18(22)10-15-8-16(20)19-17(9-15)24-6-7-25-19/h2-5,8-9H,6-7,10-12H2,1H3,(H,21,22). The number of halogens is 1. The Kier molecular flexibility index (Phi) is 5.79. The molecule has 0 spiro atoms. The van der Waals surface area contributed by atoms with Gasteiger partial charge >= 0.3 is 0 Å². The summed E-state index contributed by atoms with van der Waals surface area (Å²) in [6.45, 7) is 2.02. The van der Waals surface area contributed by atoms with E-state index in [1.807, 2.05) is 24.3 Å². The summed E-state index contributed by atoms with van der Waals surface area (Å²) >= 11 is 6.20. The van der Waals surface area contributed by atoms with Gasteiger partial charge in [0.1, 0.15) is 13.2 Å². The van der Waals surface area contributed by atoms with Gasteiger partial charge < -0.3 is 19.5 Å². The van der Waals surface area contributed by atoms with Crippen molar-refractivity contribution in [2.24, 2.45) is 0 Å². The molecule has 6 heteroatoms. The third-order valence-corrected chi connectivity index (χ3v) is 4.13. The monoisotopic (exact) mass is 361 g/mol. The maximum atomic E-state index is 12.2. The van der Waals surface area contributed by atoms with Crippen LogP contribution in [0.4, 0.5) is 0 Å². The minimum absolute atomic E-state index is 0.0753. The van der Waals surface area contributed by atoms with Crippen molar-refractivity contribution in [3.8, 4) is 11.5 Å². The number of carbonyl (C=O) groups is 1. The Morgan fingerprint density at radius 2 is 1.84 bits per heavy atom. The van der Waals surface area contributed by atoms with Crippen molar-refractivity contribution < 1.29 is 19.0 Å². The summed E-state index contributed by atoms with van der Waals surface area (Å²) in [5, 5.41) is 3.38. The quantitative estimate of drug-likeness (QED) is 0.859. The summed E-state index contributed by atoms with van der Waals surface area (Å²) in [7, 11) is 1.66. The summed E-state index contributed by atoms with van der Waals surface area (Å²) in [5.41, 5.74) is 2.93. The number of nitrogens with one attached hydrogen (secondary N) is 1. The van der Waals surface area contributed by atoms with Crippen molar-refractivity contribution in [2.45, 2.75) is 19.6 Å². The van der Waals surface area contributed by atoms with Crippen LogP contribution in [0, 0.1) is 0 Å². The largest absolute Gasteiger partial charge is 0.486 e. The molecule has 0 atom stereocenters. The molecule has 3 rings (SSSR count). The van der Waals surface area contributed by atoms with Gasteiger partial charge in [0, 0.05) is 13.7 Å². The van der Waals surface area contributed by atoms with E-state index >= 15 is 0 Å². The van der Waals surface area contributed by atoms with Crippen LogP contribution in [-0.2, 0) is 29.1 Å². The smallest absolute Gasteiger partial charge is 0.224 e. The van der Waals surface area contributed by atoms with Crippen molar-refractivity contribution in [1.82, 2.24) is 5.32 Å². The Bertz CT molecular complexity index is 746. The molecule has 0 saturated heterocycles. The molecule has 5 nitrogen and oxygen atoms in total. The van der Waals surface area contributed by atoms with E-state index < -0.39 is 0 Å². The normalized spacial score (nSPS) is 12.7. The van der Waals surface area contributed by atoms with E-state index in [4.69, 9.17) is 25.8 Å². The number of hydrogen-bond donors (Lipinski definition) is 1. The molecular formula is C19H20ClNO4. The van der Waals surface area contributed by atoms with Crippen LogP contribution in [0.3, 0.4) is 0 Å². The van der Waals surface area contributed by atoms with E-state index in [0.29, 0.717) is 42.9 Å². The van der Waals surface area contributed by atoms with Gasteiger partial charge in [0.05, 0.1) is 18.1 Å². The molecule has 0 fully saturated rings. The summed E-state index contributed by atoms with van der Waals surface area (Å²) in [5.74, 6) is 1.07. The molecule has 0 aliphatic carbocycles. The van der Waals surface area contributed by atoms with Gasteiger partial charge in [-0.05, 0) is 28.8 Å². The van der Waals surface area contributed by atoms with Crippen molar-refractivity contribution >= 4 is 17.5 Å². The molecule has 2 aromatic rings. The van der Waals surface area contributed by atoms with Gasteiger partial charge in [0.25, 0.3) is 0 Å². The molecular weight excluding hydrogens is 342 g/mol. The van der Waals surface area contributed by atoms with Crippen molar-refractivity contribution in [1.29, 1.82) is 0 Å². The Morgan fingerprint density at radius 1 is 1.12 bits per heavy atom. The van der Waals surface area contributed by atoms with Crippen molar-refractivity contribution in [2.75, 3.05) is 20.3 Å². The lowest BCUT2D eigenvalue weighted by atomic mass is 10.1. The molecule has 0 radical (unpaired) electrons. The molecule has 1 aliphatic rings. The van der Waals surface area contributed by atoms with E-state index in [2.05, 4.69) is 5.32 Å². The zero-order valence-corrected chi connectivity index (χ0v) is 14.8. The van der Waals surface area contributed by atoms with Crippen LogP contribution in [0.2, 0.25) is 5.02 Å². The number of rotatable bonds is 6. The highest BCUT2D eigenvalue weighted by Crippen LogP contribution is 2.38. The number of methoxy groups -OCH3 is 1. The fourth-order valence-corrected chi connectivity index (χ4v) is 2.92. The lowest BCUT2D eigenvalue weighted by molar-refractivity contribution is -0.120. The first-order valence-corrected chi connectivity index (χ1v) is 8.45. The SMILES string of the molecule is COCc1ccc(CNC(=O)Cc2cc(Cl)c3c(c2)OCCO3)cc1. The average Bonchev–Trinajstić information content (AvgIpc) is 2.61. The maximum absolute atomic E-state index is 12.2. The maximum Gasteiger partial charge on any atom is 0.224 e. The van der Waals surface area contributed by atoms with Gasteiger partial charge in [-0.3, -0.25) is 4.79 Å². The molecule has 25 heavy (non-hydrogen) atoms. The minimum Gasteiger partial charge on any atom is -0.486 e. The van der Waals surface area contributed by atoms with Crippen LogP contribution in [0.15, 0.2) is 36.4 Å². The number of ether oxygens (including phenoxy) is 3. The first-order chi connectivity index (χ1) is 12.2. The highest BCUT2D eigenvalue weighted by molar-refractivity contribution is 6.32. The van der Waals surface area contributed by atoms with Crippen LogP contribution in [0.25, 0.3) is 0 Å². The predicted molar refractivity (Wildman–Crippen MR) is 95.1 cm³/mol. The number of fused-ring (bicyclic) bond motifs is 1. The zero-order chi connectivity index (χ0) is 17.6. The van der Waals surface area contributed by atoms with Gasteiger partial charge in [0.15, 0.2) is 11.5 Å². The molecule has 1 amide bonds. The third kappa shape index (κ3) is 4.65. The number of carbonyl (C=O) groups excluding carboxylic acids is 1. The Morgan fingerprint density at radius 3 is 2.60 bits per heavy atom. The van der Waals surface area contributed by atoms with Crippen molar-refractivity contribution in [3.63, 3.8) is 0 Å². The molecule has 0 aromatic heterocycles. The Balaban J connectivity index is 1.56. The van der Waals surface area contributed by atoms with Crippen LogP contribution >= 0.6 is 11.6 Å². The van der Waals surface area contributed by atoms with Crippen LogP contribution in [0.1, 0.15) is 16.7 Å². The first-order valence-electron chi connectivity index (χ1n) is 8.07. The lowest BCUT2D eigenvalue weighted by Crippen LogP contribution is -2.24. The molecule has 1 heterocycles. The minimum atomic E-state index is -0.0753. The molecule has 0 unspecified atom stereocenters. The van der Waals surface area contributed by atoms with Crippen LogP contribution in [-0.4, -0.2) is 26.2 Å². The Labute approximate surface area is 151 Å². The summed E-state index contributed by atoms with van der Waals surface area (Å²) in [6, 6.07) is 11.5. The van der Waals surface area contributed by atoms with Gasteiger partial charge in [-0.15, -0.1) is 0 Å². The van der Waals surface area contributed by atoms with Crippen LogP contribution < -0.4 is 14.8 Å². The fourth-order valence-electron chi connectivity index (χ4n) is 2.63. The molecule has 1 aliphatic heterocycles. The fraction of sp³-hybridized carbons (Fsp3) is 0.316. The van der Waals surface area contributed by atoms with Crippen LogP contribution in [0.5, 0.6) is 11.5 Å². The zero-order valence-electron chi connectivity index (χ0n) is 14.0. The second-order valence-electron chi connectivity index (χ2n) is 5.80. The second kappa shape index (κ2) is 8.23. The number of benzene rings is 2. The number of hydrogen-bond acceptors (Lipinski definition) is 4. The lowest BCUT2D eigenvalue weighted by Gasteiger charge is -2.20. The van der Waals surface area contributed by atoms with Gasteiger partial charge in [0.2, 0.25) is 5.91 Å². The predicted octanol–water partition coefficient (Wildman–Crippen LogP) is 3.12. The van der Waals surface area contributed by atoms with E-state index in [1.165, 1.54) is 0 Å². The van der Waals surface area contributed by atoms with Crippen molar-refractivity contribution in [3.05, 3.63) is 58.1 Å². The highest BCUT2D eigenvalue weighted by atomic mass is 35.5. The average molecular weight is 362 g/mol. The van der Waals surface area contributed by atoms with Gasteiger partial charge in [-0.2, -0.15) is 0 Å². The van der Waals surface area contributed by atoms with Gasteiger partial charge in [-0.25, -0.2) is 0 Å². The molecule has 1 N–H and O–H groups in total. The highest BCUT2D eigenvalue weighted by Gasteiger charge is 2.17. The third-order valence-electron chi connectivity index (χ3n) is 3.84.